The minimum absolute atomic E-state index is 0. The molecule has 2 aromatic rings. The number of aliphatic imine (C=N–C) groups is 1. The van der Waals surface area contributed by atoms with E-state index in [9.17, 15) is 4.39 Å². The summed E-state index contributed by atoms with van der Waals surface area (Å²) in [6.07, 6.45) is 3.81. The zero-order valence-corrected chi connectivity index (χ0v) is 20.4. The molecule has 8 heteroatoms. The first kappa shape index (κ1) is 24.0. The number of thiazole rings is 1. The van der Waals surface area contributed by atoms with Crippen LogP contribution in [0.4, 0.5) is 4.39 Å². The SMILES string of the molecule is CCNC(=NCCc1ncc(CC)s1)N1CC(C)OC(c2ccc(F)cc2)C1.I. The lowest BCUT2D eigenvalue weighted by molar-refractivity contribution is -0.0605. The molecule has 0 spiro atoms. The third kappa shape index (κ3) is 6.89. The van der Waals surface area contributed by atoms with E-state index in [-0.39, 0.29) is 42.0 Å². The summed E-state index contributed by atoms with van der Waals surface area (Å²) in [5.41, 5.74) is 0.990. The van der Waals surface area contributed by atoms with Crippen LogP contribution in [0.5, 0.6) is 0 Å². The Morgan fingerprint density at radius 2 is 2.07 bits per heavy atom. The smallest absolute Gasteiger partial charge is 0.194 e. The largest absolute Gasteiger partial charge is 0.367 e. The van der Waals surface area contributed by atoms with E-state index in [1.54, 1.807) is 23.5 Å². The summed E-state index contributed by atoms with van der Waals surface area (Å²) in [5.74, 6) is 0.671. The van der Waals surface area contributed by atoms with Gasteiger partial charge in [0.1, 0.15) is 11.9 Å². The molecule has 0 bridgehead atoms. The van der Waals surface area contributed by atoms with Crippen molar-refractivity contribution in [2.24, 2.45) is 4.99 Å². The van der Waals surface area contributed by atoms with Gasteiger partial charge in [0.2, 0.25) is 0 Å². The Bertz CT molecular complexity index is 783. The van der Waals surface area contributed by atoms with E-state index in [0.29, 0.717) is 13.1 Å². The maximum atomic E-state index is 13.3. The first-order valence-electron chi connectivity index (χ1n) is 9.96. The highest BCUT2D eigenvalue weighted by molar-refractivity contribution is 14.0. The first-order valence-corrected chi connectivity index (χ1v) is 10.8. The number of aryl methyl sites for hydroxylation is 1. The molecule has 1 aromatic carbocycles. The third-order valence-electron chi connectivity index (χ3n) is 4.67. The minimum Gasteiger partial charge on any atom is -0.367 e. The monoisotopic (exact) mass is 532 g/mol. The highest BCUT2D eigenvalue weighted by Crippen LogP contribution is 2.25. The molecule has 0 aliphatic carbocycles. The van der Waals surface area contributed by atoms with Crippen molar-refractivity contribution in [3.05, 3.63) is 51.7 Å². The molecule has 1 aliphatic rings. The Kier molecular flexibility index (Phi) is 9.78. The Morgan fingerprint density at radius 3 is 2.72 bits per heavy atom. The van der Waals surface area contributed by atoms with Gasteiger partial charge in [-0.1, -0.05) is 19.1 Å². The van der Waals surface area contributed by atoms with E-state index in [1.807, 2.05) is 6.20 Å². The van der Waals surface area contributed by atoms with Crippen LogP contribution in [0.15, 0.2) is 35.5 Å². The molecule has 1 N–H and O–H groups in total. The van der Waals surface area contributed by atoms with E-state index >= 15 is 0 Å². The van der Waals surface area contributed by atoms with Crippen molar-refractivity contribution in [3.8, 4) is 0 Å². The lowest BCUT2D eigenvalue weighted by Gasteiger charge is -2.38. The zero-order chi connectivity index (χ0) is 19.9. The van der Waals surface area contributed by atoms with Crippen LogP contribution in [0.3, 0.4) is 0 Å². The van der Waals surface area contributed by atoms with Crippen molar-refractivity contribution in [3.63, 3.8) is 0 Å². The molecule has 160 valence electrons. The number of halogens is 2. The van der Waals surface area contributed by atoms with E-state index in [1.165, 1.54) is 17.0 Å². The molecule has 0 saturated carbocycles. The Labute approximate surface area is 193 Å². The normalized spacial score (nSPS) is 19.7. The van der Waals surface area contributed by atoms with Gasteiger partial charge in [-0.25, -0.2) is 9.37 Å². The standard InChI is InChI=1S/C21H29FN4OS.HI/c1-4-18-12-25-20(28-18)10-11-24-21(23-5-2)26-13-15(3)27-19(14-26)16-6-8-17(22)9-7-16;/h6-9,12,15,19H,4-5,10-11,13-14H2,1-3H3,(H,23,24);1H. The number of nitrogens with zero attached hydrogens (tertiary/aromatic N) is 3. The van der Waals surface area contributed by atoms with Crippen LogP contribution >= 0.6 is 35.3 Å². The Hall–Kier alpha value is -1.26. The molecule has 2 unspecified atom stereocenters. The number of morpholine rings is 1. The number of nitrogens with one attached hydrogen (secondary N) is 1. The van der Waals surface area contributed by atoms with Gasteiger partial charge in [0.25, 0.3) is 0 Å². The molecule has 1 aromatic heterocycles. The summed E-state index contributed by atoms with van der Waals surface area (Å²) in [5, 5.41) is 4.54. The molecule has 2 heterocycles. The molecule has 2 atom stereocenters. The summed E-state index contributed by atoms with van der Waals surface area (Å²) < 4.78 is 19.4. The number of aromatic nitrogens is 1. The second kappa shape index (κ2) is 11.8. The average Bonchev–Trinajstić information content (AvgIpc) is 3.15. The maximum Gasteiger partial charge on any atom is 0.194 e. The summed E-state index contributed by atoms with van der Waals surface area (Å²) >= 11 is 1.77. The summed E-state index contributed by atoms with van der Waals surface area (Å²) in [7, 11) is 0. The first-order chi connectivity index (χ1) is 13.6. The van der Waals surface area contributed by atoms with Crippen molar-refractivity contribution in [1.29, 1.82) is 0 Å². The fourth-order valence-corrected chi connectivity index (χ4v) is 4.15. The molecule has 0 amide bonds. The van der Waals surface area contributed by atoms with Crippen LogP contribution in [-0.4, -0.2) is 48.1 Å². The van der Waals surface area contributed by atoms with Crippen LogP contribution < -0.4 is 5.32 Å². The second-order valence-corrected chi connectivity index (χ2v) is 8.15. The number of guanidine groups is 1. The van der Waals surface area contributed by atoms with Gasteiger partial charge in [-0.15, -0.1) is 35.3 Å². The average molecular weight is 532 g/mol. The molecule has 1 fully saturated rings. The number of ether oxygens (including phenoxy) is 1. The maximum absolute atomic E-state index is 13.3. The predicted octanol–water partition coefficient (Wildman–Crippen LogP) is 4.43. The molecule has 1 aliphatic heterocycles. The summed E-state index contributed by atoms with van der Waals surface area (Å²) in [6.45, 7) is 9.27. The van der Waals surface area contributed by atoms with Gasteiger partial charge in [0, 0.05) is 37.1 Å². The number of rotatable bonds is 6. The van der Waals surface area contributed by atoms with Crippen LogP contribution in [-0.2, 0) is 17.6 Å². The van der Waals surface area contributed by atoms with Gasteiger partial charge in [-0.3, -0.25) is 4.99 Å². The van der Waals surface area contributed by atoms with Gasteiger partial charge in [0.15, 0.2) is 5.96 Å². The Balaban J connectivity index is 0.00000300. The van der Waals surface area contributed by atoms with Crippen molar-refractivity contribution >= 4 is 41.3 Å². The quantitative estimate of drug-likeness (QED) is 0.340. The van der Waals surface area contributed by atoms with Gasteiger partial charge >= 0.3 is 0 Å². The van der Waals surface area contributed by atoms with Crippen LogP contribution in [0.25, 0.3) is 0 Å². The van der Waals surface area contributed by atoms with Gasteiger partial charge < -0.3 is 15.0 Å². The predicted molar refractivity (Wildman–Crippen MR) is 128 cm³/mol. The Morgan fingerprint density at radius 1 is 1.31 bits per heavy atom. The third-order valence-corrected chi connectivity index (χ3v) is 5.88. The van der Waals surface area contributed by atoms with Crippen molar-refractivity contribution in [2.75, 3.05) is 26.2 Å². The molecule has 5 nitrogen and oxygen atoms in total. The lowest BCUT2D eigenvalue weighted by Crippen LogP contribution is -2.50. The van der Waals surface area contributed by atoms with Gasteiger partial charge in [-0.2, -0.15) is 0 Å². The number of hydrogen-bond acceptors (Lipinski definition) is 4. The highest BCUT2D eigenvalue weighted by Gasteiger charge is 2.28. The van der Waals surface area contributed by atoms with Crippen molar-refractivity contribution < 1.29 is 9.13 Å². The fourth-order valence-electron chi connectivity index (χ4n) is 3.30. The molecule has 29 heavy (non-hydrogen) atoms. The minimum atomic E-state index is -0.229. The number of hydrogen-bond donors (Lipinski definition) is 1. The molecule has 1 saturated heterocycles. The van der Waals surface area contributed by atoms with Gasteiger partial charge in [-0.05, 0) is 38.0 Å². The lowest BCUT2D eigenvalue weighted by atomic mass is 10.1. The molecular formula is C21H30FIN4OS. The highest BCUT2D eigenvalue weighted by atomic mass is 127. The summed E-state index contributed by atoms with van der Waals surface area (Å²) in [4.78, 5) is 12.9. The number of benzene rings is 1. The van der Waals surface area contributed by atoms with E-state index in [2.05, 4.69) is 36.0 Å². The van der Waals surface area contributed by atoms with E-state index < -0.39 is 0 Å². The van der Waals surface area contributed by atoms with Crippen molar-refractivity contribution in [2.45, 2.75) is 45.8 Å². The summed E-state index contributed by atoms with van der Waals surface area (Å²) in [6, 6.07) is 6.57. The van der Waals surface area contributed by atoms with Crippen LogP contribution in [0, 0.1) is 5.82 Å². The molecule has 3 rings (SSSR count). The topological polar surface area (TPSA) is 49.8 Å². The van der Waals surface area contributed by atoms with E-state index in [4.69, 9.17) is 9.73 Å². The van der Waals surface area contributed by atoms with E-state index in [0.717, 1.165) is 42.5 Å². The van der Waals surface area contributed by atoms with Crippen LogP contribution in [0.1, 0.15) is 42.3 Å². The molecular weight excluding hydrogens is 502 g/mol. The second-order valence-electron chi connectivity index (χ2n) is 6.95. The molecule has 0 radical (unpaired) electrons. The van der Waals surface area contributed by atoms with Crippen molar-refractivity contribution in [1.82, 2.24) is 15.2 Å². The fraction of sp³-hybridized carbons (Fsp3) is 0.524. The van der Waals surface area contributed by atoms with Gasteiger partial charge in [0.05, 0.1) is 17.7 Å². The van der Waals surface area contributed by atoms with Crippen LogP contribution in [0.2, 0.25) is 0 Å². The zero-order valence-electron chi connectivity index (χ0n) is 17.2.